The fourth-order valence-electron chi connectivity index (χ4n) is 6.26. The highest BCUT2D eigenvalue weighted by atomic mass is 16.3. The van der Waals surface area contributed by atoms with E-state index in [4.69, 9.17) is 0 Å². The number of hydrogen-bond donors (Lipinski definition) is 5. The van der Waals surface area contributed by atoms with E-state index in [1.165, 1.54) is 34.4 Å². The minimum Gasteiger partial charge on any atom is -0.506 e. The summed E-state index contributed by atoms with van der Waals surface area (Å²) in [5, 5.41) is 27.4. The summed E-state index contributed by atoms with van der Waals surface area (Å²) in [5.74, 6) is -0.219. The second kappa shape index (κ2) is 15.1. The number of phenols is 1. The van der Waals surface area contributed by atoms with Gasteiger partial charge < -0.3 is 30.7 Å². The van der Waals surface area contributed by atoms with Crippen LogP contribution in [0.2, 0.25) is 0 Å². The Balaban J connectivity index is 0.960. The molecule has 9 heteroatoms. The molecule has 0 saturated carbocycles. The zero-order chi connectivity index (χ0) is 34.3. The maximum absolute atomic E-state index is 12.9. The van der Waals surface area contributed by atoms with Crippen LogP contribution >= 0.6 is 0 Å². The molecule has 1 aromatic heterocycles. The van der Waals surface area contributed by atoms with Crippen molar-refractivity contribution in [2.45, 2.75) is 31.9 Å². The molecule has 2 unspecified atom stereocenters. The Labute approximate surface area is 284 Å². The summed E-state index contributed by atoms with van der Waals surface area (Å²) >= 11 is 0. The molecule has 2 heterocycles. The smallest absolute Gasteiger partial charge is 0.251 e. The molecule has 5 aromatic rings. The molecule has 1 aliphatic heterocycles. The predicted octanol–water partition coefficient (Wildman–Crippen LogP) is 5.25. The SMILES string of the molecule is CC(c1ccccc1)c1cccc(C2=CCN(C(=O)CNC(=O)c3ccc(CNCC(O)c4ccc(O)c5[nH]c(=O)ccc45)cc3)CC2)c1. The summed E-state index contributed by atoms with van der Waals surface area (Å²) in [6, 6.07) is 32.2. The molecule has 0 aliphatic carbocycles. The first-order valence-corrected chi connectivity index (χ1v) is 16.5. The molecule has 0 radical (unpaired) electrons. The highest BCUT2D eigenvalue weighted by molar-refractivity contribution is 5.96. The van der Waals surface area contributed by atoms with Crippen molar-refractivity contribution in [3.8, 4) is 5.75 Å². The first-order chi connectivity index (χ1) is 23.8. The highest BCUT2D eigenvalue weighted by Gasteiger charge is 2.20. The van der Waals surface area contributed by atoms with Crippen molar-refractivity contribution >= 4 is 28.3 Å². The number of rotatable bonds is 11. The number of hydrogen-bond acceptors (Lipinski definition) is 6. The number of nitrogens with zero attached hydrogens (tertiary/aromatic N) is 1. The molecule has 0 fully saturated rings. The number of aromatic amines is 1. The monoisotopic (exact) mass is 656 g/mol. The number of carbonyl (C=O) groups is 2. The number of carbonyl (C=O) groups excluding carboxylic acids is 2. The van der Waals surface area contributed by atoms with E-state index in [2.05, 4.69) is 77.1 Å². The van der Waals surface area contributed by atoms with Gasteiger partial charge in [0.25, 0.3) is 5.91 Å². The molecule has 9 nitrogen and oxygen atoms in total. The van der Waals surface area contributed by atoms with E-state index in [9.17, 15) is 24.6 Å². The zero-order valence-electron chi connectivity index (χ0n) is 27.4. The largest absolute Gasteiger partial charge is 0.506 e. The minimum absolute atomic E-state index is 0.0607. The first kappa shape index (κ1) is 33.4. The molecule has 2 amide bonds. The highest BCUT2D eigenvalue weighted by Crippen LogP contribution is 2.30. The van der Waals surface area contributed by atoms with E-state index in [1.807, 2.05) is 18.2 Å². The minimum atomic E-state index is -0.876. The van der Waals surface area contributed by atoms with E-state index in [-0.39, 0.29) is 47.6 Å². The Morgan fingerprint density at radius 3 is 2.45 bits per heavy atom. The van der Waals surface area contributed by atoms with Gasteiger partial charge in [-0.05, 0) is 64.1 Å². The topological polar surface area (TPSA) is 135 Å². The lowest BCUT2D eigenvalue weighted by Gasteiger charge is -2.27. The third-order valence-corrected chi connectivity index (χ3v) is 9.17. The van der Waals surface area contributed by atoms with Crippen LogP contribution in [0, 0.1) is 0 Å². The van der Waals surface area contributed by atoms with Gasteiger partial charge in [0.1, 0.15) is 5.75 Å². The maximum Gasteiger partial charge on any atom is 0.251 e. The molecule has 4 aromatic carbocycles. The fraction of sp³-hybridized carbons (Fsp3) is 0.225. The van der Waals surface area contributed by atoms with Crippen molar-refractivity contribution in [3.63, 3.8) is 0 Å². The molecule has 6 rings (SSSR count). The van der Waals surface area contributed by atoms with Crippen LogP contribution in [0.1, 0.15) is 63.5 Å². The van der Waals surface area contributed by atoms with E-state index in [1.54, 1.807) is 29.2 Å². The maximum atomic E-state index is 12.9. The van der Waals surface area contributed by atoms with Gasteiger partial charge in [-0.15, -0.1) is 0 Å². The van der Waals surface area contributed by atoms with Crippen molar-refractivity contribution in [1.29, 1.82) is 0 Å². The van der Waals surface area contributed by atoms with Gasteiger partial charge in [-0.25, -0.2) is 0 Å². The van der Waals surface area contributed by atoms with Crippen LogP contribution in [0.15, 0.2) is 114 Å². The molecule has 2 atom stereocenters. The van der Waals surface area contributed by atoms with Crippen LogP contribution < -0.4 is 16.2 Å². The van der Waals surface area contributed by atoms with Gasteiger partial charge in [-0.1, -0.05) is 85.8 Å². The number of aromatic hydroxyl groups is 1. The summed E-state index contributed by atoms with van der Waals surface area (Å²) in [6.07, 6.45) is 1.98. The Bertz CT molecular complexity index is 2040. The number of benzene rings is 4. The van der Waals surface area contributed by atoms with Gasteiger partial charge in [0.2, 0.25) is 11.5 Å². The number of aromatic nitrogens is 1. The number of fused-ring (bicyclic) bond motifs is 1. The number of nitrogens with one attached hydrogen (secondary N) is 3. The van der Waals surface area contributed by atoms with Crippen LogP contribution in [0.4, 0.5) is 0 Å². The molecular formula is C40H40N4O5. The summed E-state index contributed by atoms with van der Waals surface area (Å²) in [6.45, 7) is 3.92. The lowest BCUT2D eigenvalue weighted by molar-refractivity contribution is -0.129. The number of amides is 2. The third-order valence-electron chi connectivity index (χ3n) is 9.17. The molecular weight excluding hydrogens is 616 g/mol. The standard InChI is InChI=1S/C40H40N4O5/c1-26(28-6-3-2-4-7-28)31-8-5-9-32(22-31)29-18-20-44(21-19-29)38(48)25-42-40(49)30-12-10-27(11-13-30)23-41-24-36(46)33-14-16-35(45)39-34(33)15-17-37(47)43-39/h2-18,22,26,36,41,45-46H,19-21,23-25H2,1H3,(H,42,49)(H,43,47). The lowest BCUT2D eigenvalue weighted by atomic mass is 9.90. The van der Waals surface area contributed by atoms with Crippen molar-refractivity contribution in [2.75, 3.05) is 26.2 Å². The number of pyridine rings is 1. The lowest BCUT2D eigenvalue weighted by Crippen LogP contribution is -2.42. The van der Waals surface area contributed by atoms with Crippen molar-refractivity contribution < 1.29 is 19.8 Å². The van der Waals surface area contributed by atoms with E-state index >= 15 is 0 Å². The van der Waals surface area contributed by atoms with Gasteiger partial charge in [0.15, 0.2) is 0 Å². The molecule has 0 spiro atoms. The molecule has 250 valence electrons. The van der Waals surface area contributed by atoms with E-state index in [0.717, 1.165) is 12.0 Å². The Hall–Kier alpha value is -5.51. The second-order valence-electron chi connectivity index (χ2n) is 12.4. The van der Waals surface area contributed by atoms with E-state index < -0.39 is 6.10 Å². The Morgan fingerprint density at radius 1 is 0.918 bits per heavy atom. The average molecular weight is 657 g/mol. The molecule has 0 saturated heterocycles. The number of aliphatic hydroxyl groups is 1. The van der Waals surface area contributed by atoms with Crippen molar-refractivity contribution in [3.05, 3.63) is 153 Å². The second-order valence-corrected chi connectivity index (χ2v) is 12.4. The van der Waals surface area contributed by atoms with Gasteiger partial charge in [0.05, 0.1) is 18.2 Å². The Kier molecular flexibility index (Phi) is 10.3. The molecule has 49 heavy (non-hydrogen) atoms. The van der Waals surface area contributed by atoms with E-state index in [0.29, 0.717) is 36.1 Å². The molecule has 5 N–H and O–H groups in total. The Morgan fingerprint density at radius 2 is 1.69 bits per heavy atom. The van der Waals surface area contributed by atoms with Crippen LogP contribution in [0.5, 0.6) is 5.75 Å². The third kappa shape index (κ3) is 7.97. The van der Waals surface area contributed by atoms with Gasteiger partial charge >= 0.3 is 0 Å². The summed E-state index contributed by atoms with van der Waals surface area (Å²) < 4.78 is 0. The van der Waals surface area contributed by atoms with Crippen LogP contribution in [0.25, 0.3) is 16.5 Å². The summed E-state index contributed by atoms with van der Waals surface area (Å²) in [7, 11) is 0. The predicted molar refractivity (Wildman–Crippen MR) is 191 cm³/mol. The number of phenolic OH excluding ortho intramolecular Hbond substituents is 1. The van der Waals surface area contributed by atoms with Gasteiger partial charge in [-0.3, -0.25) is 14.4 Å². The van der Waals surface area contributed by atoms with Crippen LogP contribution in [-0.4, -0.2) is 58.1 Å². The van der Waals surface area contributed by atoms with Gasteiger partial charge in [0, 0.05) is 49.1 Å². The molecule has 0 bridgehead atoms. The molecule has 1 aliphatic rings. The normalized spacial score (nSPS) is 14.2. The van der Waals surface area contributed by atoms with Crippen LogP contribution in [-0.2, 0) is 11.3 Å². The first-order valence-electron chi connectivity index (χ1n) is 16.5. The van der Waals surface area contributed by atoms with Crippen molar-refractivity contribution in [2.24, 2.45) is 0 Å². The fourth-order valence-corrected chi connectivity index (χ4v) is 6.26. The number of H-pyrrole nitrogens is 1. The average Bonchev–Trinajstić information content (AvgIpc) is 3.14. The zero-order valence-corrected chi connectivity index (χ0v) is 27.4. The summed E-state index contributed by atoms with van der Waals surface area (Å²) in [5.41, 5.74) is 6.84. The van der Waals surface area contributed by atoms with Gasteiger partial charge in [-0.2, -0.15) is 0 Å². The number of aliphatic hydroxyl groups excluding tert-OH is 1. The quantitative estimate of drug-likeness (QED) is 0.132. The van der Waals surface area contributed by atoms with Crippen LogP contribution in [0.3, 0.4) is 0 Å². The van der Waals surface area contributed by atoms with Crippen molar-refractivity contribution in [1.82, 2.24) is 20.5 Å². The summed E-state index contributed by atoms with van der Waals surface area (Å²) in [4.78, 5) is 41.8.